The quantitative estimate of drug-likeness (QED) is 0.00414. The predicted molar refractivity (Wildman–Crippen MR) is 497 cm³/mol. The molecular formula is C94H98BrF6N13O17S3. The number of carboxylic acid groups (broad SMARTS) is 1. The molecule has 1 aliphatic carbocycles. The Bertz CT molecular complexity index is 5980. The number of thioether (sulfide) groups is 2. The van der Waals surface area contributed by atoms with Gasteiger partial charge in [0.2, 0.25) is 0 Å². The molecule has 0 spiro atoms. The molecule has 1 saturated heterocycles. The van der Waals surface area contributed by atoms with Gasteiger partial charge < -0.3 is 64.8 Å². The molecule has 5 atom stereocenters. The number of amides is 7. The molecule has 40 heteroatoms. The van der Waals surface area contributed by atoms with Gasteiger partial charge in [0.25, 0.3) is 41.4 Å². The van der Waals surface area contributed by atoms with E-state index in [1.807, 2.05) is 86.2 Å². The number of nitrogens with one attached hydrogen (secondary N) is 7. The van der Waals surface area contributed by atoms with Gasteiger partial charge in [-0.3, -0.25) is 48.6 Å². The number of hydrogen-bond donors (Lipinski definition) is 10. The molecule has 10 N–H and O–H groups in total. The third-order valence-corrected chi connectivity index (χ3v) is 24.0. The number of alkyl halides is 6. The number of aliphatic hydroxyl groups excluding tert-OH is 1. The zero-order valence-corrected chi connectivity index (χ0v) is 78.1. The Balaban J connectivity index is 0.000000190. The van der Waals surface area contributed by atoms with Crippen molar-refractivity contribution in [1.29, 1.82) is 10.5 Å². The highest BCUT2D eigenvalue weighted by molar-refractivity contribution is 9.10. The third kappa shape index (κ3) is 28.3. The number of benzene rings is 5. The number of imide groups is 1. The van der Waals surface area contributed by atoms with Crippen LogP contribution >= 0.6 is 50.8 Å². The number of rotatable bonds is 28. The molecule has 2 aliphatic heterocycles. The number of carboxylic acids is 1. The number of morpholine rings is 1. The van der Waals surface area contributed by atoms with E-state index in [4.69, 9.17) is 23.2 Å². The number of carbonyl (C=O) groups excluding carboxylic acids is 8. The lowest BCUT2D eigenvalue weighted by molar-refractivity contribution is -0.203. The van der Waals surface area contributed by atoms with Crippen LogP contribution in [0, 0.1) is 40.9 Å². The summed E-state index contributed by atoms with van der Waals surface area (Å²) in [6.45, 7) is 15.3. The van der Waals surface area contributed by atoms with Crippen molar-refractivity contribution < 1.29 is 108 Å². The summed E-state index contributed by atoms with van der Waals surface area (Å²) < 4.78 is 109. The van der Waals surface area contributed by atoms with Gasteiger partial charge in [-0.05, 0) is 202 Å². The van der Waals surface area contributed by atoms with Gasteiger partial charge in [-0.1, -0.05) is 97.4 Å². The van der Waals surface area contributed by atoms with Gasteiger partial charge >= 0.3 is 30.0 Å². The highest BCUT2D eigenvalue weighted by Crippen LogP contribution is 2.46. The number of hydrogen-bond acceptors (Lipinski definition) is 26. The van der Waals surface area contributed by atoms with Crippen LogP contribution in [-0.4, -0.2) is 196 Å². The first-order valence-corrected chi connectivity index (χ1v) is 46.0. The molecule has 708 valence electrons. The number of furan rings is 3. The fourth-order valence-corrected chi connectivity index (χ4v) is 16.3. The van der Waals surface area contributed by atoms with Crippen molar-refractivity contribution in [3.05, 3.63) is 246 Å². The van der Waals surface area contributed by atoms with Gasteiger partial charge in [0.1, 0.15) is 81.0 Å². The lowest BCUT2D eigenvalue weighted by Crippen LogP contribution is -2.69. The van der Waals surface area contributed by atoms with Crippen molar-refractivity contribution in [1.82, 2.24) is 46.5 Å². The maximum absolute atomic E-state index is 14.5. The van der Waals surface area contributed by atoms with E-state index in [0.29, 0.717) is 107 Å². The molecule has 0 saturated carbocycles. The summed E-state index contributed by atoms with van der Waals surface area (Å²) in [6.07, 6.45) is 0.307. The predicted octanol–water partition coefficient (Wildman–Crippen LogP) is 15.6. The van der Waals surface area contributed by atoms with Crippen LogP contribution in [-0.2, 0) is 57.3 Å². The Morgan fingerprint density at radius 1 is 0.746 bits per heavy atom. The Hall–Kier alpha value is -12.9. The first-order chi connectivity index (χ1) is 63.8. The molecule has 7 heterocycles. The number of aryl methyl sites for hydroxylation is 1. The smallest absolute Gasteiger partial charge is 0.441 e. The molecule has 0 bridgehead atoms. The fraction of sp³-hybridized carbons (Fsp3) is 0.330. The number of halogens is 7. The highest BCUT2D eigenvalue weighted by Gasteiger charge is 2.64. The van der Waals surface area contributed by atoms with Crippen LogP contribution in [0.15, 0.2) is 204 Å². The van der Waals surface area contributed by atoms with Crippen LogP contribution in [0.2, 0.25) is 0 Å². The van der Waals surface area contributed by atoms with Crippen LogP contribution in [0.3, 0.4) is 0 Å². The van der Waals surface area contributed by atoms with Gasteiger partial charge in [-0.15, -0.1) is 11.3 Å². The topological polar surface area (TPSA) is 436 Å². The third-order valence-electron chi connectivity index (χ3n) is 21.1. The highest BCUT2D eigenvalue weighted by atomic mass is 79.9. The van der Waals surface area contributed by atoms with Crippen LogP contribution in [0.4, 0.5) is 37.2 Å². The standard InChI is InChI=1S/C24H26F3N3O3S.C21H17BrN2O4.C21H25N3O4.C15H15N3O3S.C13H15F3N2O3S/c1-22(2,3)15-10-11-16-17(13-28)20(34-18(16)12-15)30-23(21(32)33-4,24(25,26)27)29-19(31)14-8-6-5-7-9-14;1-12(25)11-24-20(26)17(13(2)18(10-23)21(24)27)9-16-7-8-19(28-16)14-3-5-15(22)6-4-14;1-16-7-8-18(28-16)15-19(23-20(25)17-5-3-2-4-6-17)21(26)22-9-10-24-11-13-27-14-12-24;1-22-7-6-10(15(19)20)18-14-13-12(16-8-17-14)9-4-2-3-5-11(9)21-13;1-22-7-6-10(12(20)18-21)17-11(19)8-2-4-9(5-3-8)13(14,15)16/h5-9,15,30H,10-12H2,1-4H3,(H,29,31);3-9,12,25H,11H2,1-2H3;2-8,15H,9-14H2,1H3,(H,22,26)(H,23,25);2-5,8,10H,6-7H2,1H3,(H,19,20)(H,16,17,18);2-5,10,21H,6-7H2,1H3,(H,17,19)(H,18,20)/b;17-9+;19-15-;;. The summed E-state index contributed by atoms with van der Waals surface area (Å²) in [5.41, 5.74) is 1.39. The second-order valence-electron chi connectivity index (χ2n) is 31.5. The second-order valence-corrected chi connectivity index (χ2v) is 35.5. The van der Waals surface area contributed by atoms with Gasteiger partial charge in [0.05, 0.1) is 44.1 Å². The van der Waals surface area contributed by atoms with Crippen LogP contribution in [0.5, 0.6) is 0 Å². The van der Waals surface area contributed by atoms with Crippen molar-refractivity contribution in [3.8, 4) is 23.5 Å². The molecule has 1 fully saturated rings. The maximum atomic E-state index is 14.5. The Morgan fingerprint density at radius 3 is 1.94 bits per heavy atom. The molecule has 3 aliphatic rings. The number of esters is 1. The summed E-state index contributed by atoms with van der Waals surface area (Å²) in [6, 6.07) is 44.0. The van der Waals surface area contributed by atoms with Gasteiger partial charge in [-0.2, -0.15) is 60.4 Å². The van der Waals surface area contributed by atoms with E-state index in [2.05, 4.69) is 82.9 Å². The molecule has 30 nitrogen and oxygen atoms in total. The molecule has 13 rings (SSSR count). The van der Waals surface area contributed by atoms with Gasteiger partial charge in [-0.25, -0.2) is 25.0 Å². The minimum atomic E-state index is -5.28. The zero-order chi connectivity index (χ0) is 97.8. The van der Waals surface area contributed by atoms with E-state index in [9.17, 15) is 90.2 Å². The Labute approximate surface area is 787 Å². The molecule has 10 aromatic rings. The molecule has 134 heavy (non-hydrogen) atoms. The molecule has 5 aromatic heterocycles. The average Bonchev–Trinajstić information content (AvgIpc) is 1.75. The van der Waals surface area contributed by atoms with E-state index in [0.717, 1.165) is 105 Å². The number of fused-ring (bicyclic) bond motifs is 4. The minimum Gasteiger partial charge on any atom is -0.480 e. The second kappa shape index (κ2) is 48.6. The Morgan fingerprint density at radius 2 is 1.37 bits per heavy atom. The summed E-state index contributed by atoms with van der Waals surface area (Å²) in [5.74, 6) is -2.91. The van der Waals surface area contributed by atoms with Crippen molar-refractivity contribution in [3.63, 3.8) is 0 Å². The number of methoxy groups -OCH3 is 1. The normalized spacial score (nSPS) is 15.4. The number of β-amino-alcohol motifs (C(OH)–C–C–N with tert-alkyl or cyclic N) is 1. The number of thiophene rings is 1. The molecular weight excluding hydrogens is 1870 g/mol. The number of anilines is 2. The first kappa shape index (κ1) is 105. The molecule has 0 radical (unpaired) electrons. The first-order valence-electron chi connectivity index (χ1n) is 41.6. The lowest BCUT2D eigenvalue weighted by atomic mass is 9.72. The Kier molecular flexibility index (Phi) is 38.0. The SMILES string of the molecule is CC1=C(C#N)C(=O)N(CC(C)O)C(=O)/C1=C/c1ccc(-c2ccc(Br)cc2)o1.COC(=O)C(NC(=O)c1ccccc1)(Nc1sc2c(c1C#N)CCC(C(C)(C)C)C2)C(F)(F)F.CSCCC(NC(=O)c1ccc(C(F)(F)F)cc1)C(=O)NO.CSCCC(Nc1ncnc2c1oc1ccccc12)C(=O)O.Cc1ccc(/C=C(\NC(=O)c2ccccc2)C(=O)NCCN2CCOCC2)o1. The fourth-order valence-electron chi connectivity index (χ4n) is 13.8. The summed E-state index contributed by atoms with van der Waals surface area (Å²) in [4.78, 5) is 123. The van der Waals surface area contributed by atoms with Gasteiger partial charge in [0.15, 0.2) is 11.4 Å². The number of carbonyl (C=O) groups is 9. The van der Waals surface area contributed by atoms with Gasteiger partial charge in [0, 0.05) is 74.8 Å². The van der Waals surface area contributed by atoms with Crippen LogP contribution < -0.4 is 37.4 Å². The van der Waals surface area contributed by atoms with Crippen LogP contribution in [0.25, 0.3) is 45.5 Å². The van der Waals surface area contributed by atoms with E-state index in [-0.39, 0.29) is 68.7 Å². The monoisotopic (exact) mass is 1970 g/mol. The summed E-state index contributed by atoms with van der Waals surface area (Å²) in [7, 11) is 0.803. The van der Waals surface area contributed by atoms with E-state index in [1.165, 1.54) is 66.9 Å². The maximum Gasteiger partial charge on any atom is 0.441 e. The minimum absolute atomic E-state index is 0.00647. The number of nitriles is 2. The average molecular weight is 1970 g/mol. The van der Waals surface area contributed by atoms with E-state index >= 15 is 0 Å². The molecule has 7 amide bonds. The van der Waals surface area contributed by atoms with E-state index < -0.39 is 83.2 Å². The number of ether oxygens (including phenoxy) is 2. The van der Waals surface area contributed by atoms with Crippen molar-refractivity contribution in [2.45, 2.75) is 110 Å². The largest absolute Gasteiger partial charge is 0.480 e. The zero-order valence-electron chi connectivity index (χ0n) is 74.1. The van der Waals surface area contributed by atoms with Crippen molar-refractivity contribution >= 4 is 149 Å². The molecule has 5 aromatic carbocycles. The number of aliphatic carboxylic acids is 1. The number of aromatic nitrogens is 2. The van der Waals surface area contributed by atoms with Crippen LogP contribution in [0.1, 0.15) is 124 Å². The van der Waals surface area contributed by atoms with Crippen molar-refractivity contribution in [2.24, 2.45) is 11.3 Å². The number of para-hydroxylation sites is 1. The molecule has 5 unspecified atom stereocenters. The summed E-state index contributed by atoms with van der Waals surface area (Å²) in [5, 5.41) is 62.3. The van der Waals surface area contributed by atoms with Crippen molar-refractivity contribution in [2.75, 3.05) is 87.7 Å². The lowest BCUT2D eigenvalue weighted by Gasteiger charge is -2.34. The van der Waals surface area contributed by atoms with E-state index in [1.54, 1.807) is 78.6 Å². The number of aliphatic hydroxyl groups is 1. The number of nitrogens with zero attached hydrogens (tertiary/aromatic N) is 6. The summed E-state index contributed by atoms with van der Waals surface area (Å²) >= 11 is 7.44. The number of hydroxylamine groups is 1.